The molecule has 0 spiro atoms. The molecule has 1 unspecified atom stereocenters. The Morgan fingerprint density at radius 3 is 2.24 bits per heavy atom. The standard InChI is InChI=1S/C23H26N2O3S/c1-14(2)28-22(26)19-20(16-8-6-5-7-9-16)24-23(27)25-21(19)17-10-12-18(13-11-17)29-15(3)4/h5-15,21H,1-4H3,(H2,24,25,27). The first-order chi connectivity index (χ1) is 13.8. The van der Waals surface area contributed by atoms with E-state index in [1.54, 1.807) is 11.8 Å². The highest BCUT2D eigenvalue weighted by Gasteiger charge is 2.34. The van der Waals surface area contributed by atoms with Gasteiger partial charge in [0.25, 0.3) is 0 Å². The first kappa shape index (κ1) is 21.0. The first-order valence-electron chi connectivity index (χ1n) is 9.70. The average Bonchev–Trinajstić information content (AvgIpc) is 2.67. The van der Waals surface area contributed by atoms with E-state index in [0.29, 0.717) is 16.5 Å². The minimum Gasteiger partial charge on any atom is -0.459 e. The monoisotopic (exact) mass is 410 g/mol. The lowest BCUT2D eigenvalue weighted by Gasteiger charge is -2.30. The second-order valence-corrected chi connectivity index (χ2v) is 9.03. The molecular weight excluding hydrogens is 384 g/mol. The summed E-state index contributed by atoms with van der Waals surface area (Å²) in [5.41, 5.74) is 2.46. The number of hydrogen-bond acceptors (Lipinski definition) is 4. The van der Waals surface area contributed by atoms with Crippen molar-refractivity contribution < 1.29 is 14.3 Å². The Labute approximate surface area is 175 Å². The van der Waals surface area contributed by atoms with Crippen molar-refractivity contribution >= 4 is 29.5 Å². The summed E-state index contributed by atoms with van der Waals surface area (Å²) in [5.74, 6) is -0.447. The van der Waals surface area contributed by atoms with Crippen LogP contribution in [0.4, 0.5) is 4.79 Å². The van der Waals surface area contributed by atoms with Gasteiger partial charge in [-0.25, -0.2) is 9.59 Å². The van der Waals surface area contributed by atoms with Crippen molar-refractivity contribution in [1.29, 1.82) is 0 Å². The molecule has 0 saturated heterocycles. The van der Waals surface area contributed by atoms with Crippen LogP contribution in [0, 0.1) is 0 Å². The maximum atomic E-state index is 13.0. The number of carbonyl (C=O) groups is 2. The molecule has 0 aromatic heterocycles. The zero-order valence-electron chi connectivity index (χ0n) is 17.1. The molecule has 1 atom stereocenters. The van der Waals surface area contributed by atoms with Crippen LogP contribution in [-0.2, 0) is 9.53 Å². The van der Waals surface area contributed by atoms with Crippen LogP contribution in [0.15, 0.2) is 65.1 Å². The van der Waals surface area contributed by atoms with Gasteiger partial charge in [-0.05, 0) is 37.1 Å². The van der Waals surface area contributed by atoms with Gasteiger partial charge < -0.3 is 15.4 Å². The van der Waals surface area contributed by atoms with E-state index in [1.165, 1.54) is 0 Å². The van der Waals surface area contributed by atoms with Crippen LogP contribution >= 0.6 is 11.8 Å². The molecule has 152 valence electrons. The summed E-state index contributed by atoms with van der Waals surface area (Å²) in [4.78, 5) is 26.6. The number of ether oxygens (including phenoxy) is 1. The fourth-order valence-corrected chi connectivity index (χ4v) is 3.99. The molecule has 2 aromatic rings. The Morgan fingerprint density at radius 1 is 1.00 bits per heavy atom. The van der Waals surface area contributed by atoms with Gasteiger partial charge in [-0.1, -0.05) is 56.3 Å². The molecule has 3 rings (SSSR count). The lowest BCUT2D eigenvalue weighted by Crippen LogP contribution is -2.45. The summed E-state index contributed by atoms with van der Waals surface area (Å²) in [6.45, 7) is 7.89. The van der Waals surface area contributed by atoms with E-state index in [-0.39, 0.29) is 12.1 Å². The number of rotatable bonds is 6. The summed E-state index contributed by atoms with van der Waals surface area (Å²) in [6, 6.07) is 16.3. The number of thioether (sulfide) groups is 1. The Morgan fingerprint density at radius 2 is 1.66 bits per heavy atom. The van der Waals surface area contributed by atoms with Crippen molar-refractivity contribution in [3.63, 3.8) is 0 Å². The number of urea groups is 1. The van der Waals surface area contributed by atoms with E-state index in [4.69, 9.17) is 4.74 Å². The van der Waals surface area contributed by atoms with Gasteiger partial charge in [-0.2, -0.15) is 0 Å². The number of amides is 2. The molecule has 2 N–H and O–H groups in total. The smallest absolute Gasteiger partial charge is 0.338 e. The van der Waals surface area contributed by atoms with Gasteiger partial charge in [0.05, 0.1) is 23.4 Å². The molecule has 2 aromatic carbocycles. The molecular formula is C23H26N2O3S. The molecule has 0 fully saturated rings. The number of benzene rings is 2. The molecule has 2 amide bonds. The van der Waals surface area contributed by atoms with Gasteiger partial charge in [0.15, 0.2) is 0 Å². The van der Waals surface area contributed by atoms with Crippen molar-refractivity contribution in [3.05, 3.63) is 71.3 Å². The summed E-state index contributed by atoms with van der Waals surface area (Å²) in [7, 11) is 0. The van der Waals surface area contributed by atoms with Crippen molar-refractivity contribution in [3.8, 4) is 0 Å². The first-order valence-corrected chi connectivity index (χ1v) is 10.6. The third kappa shape index (κ3) is 5.21. The molecule has 29 heavy (non-hydrogen) atoms. The fourth-order valence-electron chi connectivity index (χ4n) is 3.16. The lowest BCUT2D eigenvalue weighted by atomic mass is 9.92. The molecule has 6 heteroatoms. The van der Waals surface area contributed by atoms with Crippen molar-refractivity contribution in [2.75, 3.05) is 0 Å². The van der Waals surface area contributed by atoms with Crippen LogP contribution in [0.3, 0.4) is 0 Å². The van der Waals surface area contributed by atoms with E-state index in [9.17, 15) is 9.59 Å². The van der Waals surface area contributed by atoms with Crippen LogP contribution < -0.4 is 10.6 Å². The molecule has 1 aliphatic heterocycles. The van der Waals surface area contributed by atoms with E-state index in [0.717, 1.165) is 16.0 Å². The summed E-state index contributed by atoms with van der Waals surface area (Å²) >= 11 is 1.76. The van der Waals surface area contributed by atoms with Crippen LogP contribution in [-0.4, -0.2) is 23.4 Å². The molecule has 1 aliphatic rings. The molecule has 1 heterocycles. The van der Waals surface area contributed by atoms with Crippen LogP contribution in [0.1, 0.15) is 44.9 Å². The van der Waals surface area contributed by atoms with Gasteiger partial charge in [0, 0.05) is 10.1 Å². The van der Waals surface area contributed by atoms with Gasteiger partial charge >= 0.3 is 12.0 Å². The van der Waals surface area contributed by atoms with E-state index >= 15 is 0 Å². The summed E-state index contributed by atoms with van der Waals surface area (Å²) in [6.07, 6.45) is -0.268. The summed E-state index contributed by atoms with van der Waals surface area (Å²) in [5, 5.41) is 6.15. The Kier molecular flexibility index (Phi) is 6.64. The Hall–Kier alpha value is -2.73. The maximum absolute atomic E-state index is 13.0. The predicted molar refractivity (Wildman–Crippen MR) is 116 cm³/mol. The maximum Gasteiger partial charge on any atom is 0.338 e. The van der Waals surface area contributed by atoms with E-state index < -0.39 is 12.0 Å². The number of esters is 1. The lowest BCUT2D eigenvalue weighted by molar-refractivity contribution is -0.143. The highest BCUT2D eigenvalue weighted by atomic mass is 32.2. The van der Waals surface area contributed by atoms with Crippen LogP contribution in [0.2, 0.25) is 0 Å². The van der Waals surface area contributed by atoms with E-state index in [2.05, 4.69) is 24.5 Å². The number of hydrogen-bond donors (Lipinski definition) is 2. The highest BCUT2D eigenvalue weighted by molar-refractivity contribution is 7.99. The minimum absolute atomic E-state index is 0.268. The third-order valence-electron chi connectivity index (χ3n) is 4.28. The molecule has 5 nitrogen and oxygen atoms in total. The third-order valence-corrected chi connectivity index (χ3v) is 5.30. The SMILES string of the molecule is CC(C)OC(=O)C1=C(c2ccccc2)NC(=O)NC1c1ccc(SC(C)C)cc1. The molecule has 0 saturated carbocycles. The largest absolute Gasteiger partial charge is 0.459 e. The summed E-state index contributed by atoms with van der Waals surface area (Å²) < 4.78 is 5.51. The van der Waals surface area contributed by atoms with Crippen LogP contribution in [0.25, 0.3) is 5.70 Å². The van der Waals surface area contributed by atoms with Crippen molar-refractivity contribution in [2.45, 2.75) is 50.0 Å². The average molecular weight is 411 g/mol. The fraction of sp³-hybridized carbons (Fsp3) is 0.304. The van der Waals surface area contributed by atoms with Crippen LogP contribution in [0.5, 0.6) is 0 Å². The van der Waals surface area contributed by atoms with Crippen molar-refractivity contribution in [1.82, 2.24) is 10.6 Å². The topological polar surface area (TPSA) is 67.4 Å². The minimum atomic E-state index is -0.594. The predicted octanol–water partition coefficient (Wildman–Crippen LogP) is 4.90. The second kappa shape index (κ2) is 9.18. The Bertz CT molecular complexity index is 905. The normalized spacial score (nSPS) is 16.6. The second-order valence-electron chi connectivity index (χ2n) is 7.38. The zero-order chi connectivity index (χ0) is 21.0. The molecule has 0 aliphatic carbocycles. The van der Waals surface area contributed by atoms with Gasteiger partial charge in [0.1, 0.15) is 0 Å². The van der Waals surface area contributed by atoms with E-state index in [1.807, 2.05) is 68.4 Å². The Balaban J connectivity index is 2.07. The van der Waals surface area contributed by atoms with Crippen molar-refractivity contribution in [2.24, 2.45) is 0 Å². The number of carbonyl (C=O) groups excluding carboxylic acids is 2. The van der Waals surface area contributed by atoms with Gasteiger partial charge in [-0.3, -0.25) is 0 Å². The quantitative estimate of drug-likeness (QED) is 0.525. The number of nitrogens with one attached hydrogen (secondary N) is 2. The molecule has 0 bridgehead atoms. The highest BCUT2D eigenvalue weighted by Crippen LogP contribution is 2.33. The zero-order valence-corrected chi connectivity index (χ0v) is 17.9. The van der Waals surface area contributed by atoms with Gasteiger partial charge in [-0.15, -0.1) is 11.8 Å². The van der Waals surface area contributed by atoms with Gasteiger partial charge in [0.2, 0.25) is 0 Å². The molecule has 0 radical (unpaired) electrons.